The zero-order valence-electron chi connectivity index (χ0n) is 9.71. The van der Waals surface area contributed by atoms with Gasteiger partial charge < -0.3 is 10.6 Å². The molecule has 88 valence electrons. The molecule has 0 aromatic rings. The minimum Gasteiger partial charge on any atom is -0.353 e. The van der Waals surface area contributed by atoms with Crippen LogP contribution in [0.4, 0.5) is 0 Å². The van der Waals surface area contributed by atoms with Crippen LogP contribution in [-0.2, 0) is 4.79 Å². The summed E-state index contributed by atoms with van der Waals surface area (Å²) >= 11 is 1.83. The fourth-order valence-corrected chi connectivity index (χ4v) is 2.40. The fraction of sp³-hybridized carbons (Fsp3) is 0.909. The molecule has 0 aromatic heterocycles. The second kappa shape index (κ2) is 7.12. The van der Waals surface area contributed by atoms with E-state index in [-0.39, 0.29) is 11.8 Å². The van der Waals surface area contributed by atoms with Crippen molar-refractivity contribution >= 4 is 17.7 Å². The average molecular weight is 230 g/mol. The Hall–Kier alpha value is -0.220. The Bertz CT molecular complexity index is 193. The Morgan fingerprint density at radius 3 is 2.80 bits per heavy atom. The van der Waals surface area contributed by atoms with Crippen LogP contribution in [0, 0.1) is 5.92 Å². The smallest absolute Gasteiger partial charge is 0.223 e. The molecule has 15 heavy (non-hydrogen) atoms. The van der Waals surface area contributed by atoms with Gasteiger partial charge in [0.15, 0.2) is 0 Å². The first-order valence-corrected chi connectivity index (χ1v) is 7.13. The Balaban J connectivity index is 2.21. The number of rotatable bonds is 5. The number of hydrogen-bond donors (Lipinski definition) is 2. The van der Waals surface area contributed by atoms with Crippen molar-refractivity contribution in [1.29, 1.82) is 0 Å². The number of hydrogen-bond acceptors (Lipinski definition) is 3. The molecule has 0 radical (unpaired) electrons. The first kappa shape index (κ1) is 12.8. The van der Waals surface area contributed by atoms with Crippen LogP contribution in [0.2, 0.25) is 0 Å². The summed E-state index contributed by atoms with van der Waals surface area (Å²) in [7, 11) is 0. The lowest BCUT2D eigenvalue weighted by Crippen LogP contribution is -2.41. The molecule has 1 atom stereocenters. The topological polar surface area (TPSA) is 41.1 Å². The van der Waals surface area contributed by atoms with Crippen molar-refractivity contribution in [3.05, 3.63) is 0 Å². The third-order valence-electron chi connectivity index (χ3n) is 2.85. The average Bonchev–Trinajstić information content (AvgIpc) is 2.27. The third kappa shape index (κ3) is 4.89. The molecule has 0 saturated carbocycles. The molecular weight excluding hydrogens is 208 g/mol. The Labute approximate surface area is 96.8 Å². The minimum absolute atomic E-state index is 0.239. The molecule has 1 rings (SSSR count). The largest absolute Gasteiger partial charge is 0.353 e. The van der Waals surface area contributed by atoms with E-state index in [2.05, 4.69) is 23.8 Å². The monoisotopic (exact) mass is 230 g/mol. The molecule has 1 aliphatic rings. The molecule has 1 fully saturated rings. The lowest BCUT2D eigenvalue weighted by Gasteiger charge is -2.23. The second-order valence-corrected chi connectivity index (χ2v) is 5.20. The van der Waals surface area contributed by atoms with E-state index in [1.54, 1.807) is 0 Å². The van der Waals surface area contributed by atoms with Gasteiger partial charge >= 0.3 is 0 Å². The van der Waals surface area contributed by atoms with Gasteiger partial charge in [-0.2, -0.15) is 11.8 Å². The van der Waals surface area contributed by atoms with Crippen LogP contribution in [0.3, 0.4) is 0 Å². The van der Waals surface area contributed by atoms with E-state index in [1.165, 1.54) is 0 Å². The summed E-state index contributed by atoms with van der Waals surface area (Å²) in [5, 5.41) is 6.38. The number of piperidine rings is 1. The van der Waals surface area contributed by atoms with Crippen LogP contribution in [0.15, 0.2) is 0 Å². The summed E-state index contributed by atoms with van der Waals surface area (Å²) < 4.78 is 0. The predicted molar refractivity (Wildman–Crippen MR) is 66.2 cm³/mol. The summed E-state index contributed by atoms with van der Waals surface area (Å²) in [5.74, 6) is 1.61. The fourth-order valence-electron chi connectivity index (χ4n) is 1.81. The third-order valence-corrected chi connectivity index (χ3v) is 3.50. The van der Waals surface area contributed by atoms with E-state index in [9.17, 15) is 4.79 Å². The first-order valence-electron chi connectivity index (χ1n) is 5.74. The van der Waals surface area contributed by atoms with Crippen molar-refractivity contribution < 1.29 is 4.79 Å². The van der Waals surface area contributed by atoms with E-state index < -0.39 is 0 Å². The standard InChI is InChI=1S/C11H22N2OS/c1-9(5-8-15-2)13-11(14)10-3-6-12-7-4-10/h9-10,12H,3-8H2,1-2H3,(H,13,14). The van der Waals surface area contributed by atoms with Gasteiger partial charge in [0.1, 0.15) is 0 Å². The number of carbonyl (C=O) groups is 1. The van der Waals surface area contributed by atoms with Crippen LogP contribution >= 0.6 is 11.8 Å². The van der Waals surface area contributed by atoms with Crippen LogP contribution < -0.4 is 10.6 Å². The van der Waals surface area contributed by atoms with Crippen molar-refractivity contribution in [3.8, 4) is 0 Å². The highest BCUT2D eigenvalue weighted by molar-refractivity contribution is 7.98. The lowest BCUT2D eigenvalue weighted by molar-refractivity contribution is -0.126. The van der Waals surface area contributed by atoms with E-state index in [1.807, 2.05) is 11.8 Å². The first-order chi connectivity index (χ1) is 7.24. The highest BCUT2D eigenvalue weighted by atomic mass is 32.2. The molecule has 4 heteroatoms. The Morgan fingerprint density at radius 2 is 2.20 bits per heavy atom. The molecular formula is C11H22N2OS. The van der Waals surface area contributed by atoms with Crippen LogP contribution in [0.5, 0.6) is 0 Å². The SMILES string of the molecule is CSCCC(C)NC(=O)C1CCNCC1. The molecule has 0 spiro atoms. The molecule has 0 aromatic carbocycles. The molecule has 1 saturated heterocycles. The van der Waals surface area contributed by atoms with Gasteiger partial charge in [-0.15, -0.1) is 0 Å². The Morgan fingerprint density at radius 1 is 1.53 bits per heavy atom. The lowest BCUT2D eigenvalue weighted by atomic mass is 9.97. The van der Waals surface area contributed by atoms with E-state index in [0.29, 0.717) is 6.04 Å². The van der Waals surface area contributed by atoms with Crippen molar-refractivity contribution in [1.82, 2.24) is 10.6 Å². The van der Waals surface area contributed by atoms with Gasteiger partial charge in [-0.3, -0.25) is 4.79 Å². The highest BCUT2D eigenvalue weighted by Crippen LogP contribution is 2.12. The number of amides is 1. The molecule has 1 heterocycles. The molecule has 1 unspecified atom stereocenters. The number of thioether (sulfide) groups is 1. The Kier molecular flexibility index (Phi) is 6.10. The summed E-state index contributed by atoms with van der Waals surface area (Å²) in [5.41, 5.74) is 0. The number of nitrogens with one attached hydrogen (secondary N) is 2. The van der Waals surface area contributed by atoms with Gasteiger partial charge in [0.25, 0.3) is 0 Å². The van der Waals surface area contributed by atoms with Gasteiger partial charge in [-0.1, -0.05) is 0 Å². The molecule has 3 nitrogen and oxygen atoms in total. The van der Waals surface area contributed by atoms with E-state index in [4.69, 9.17) is 0 Å². The van der Waals surface area contributed by atoms with Gasteiger partial charge in [0.2, 0.25) is 5.91 Å². The maximum absolute atomic E-state index is 11.8. The molecule has 0 bridgehead atoms. The van der Waals surface area contributed by atoms with Crippen molar-refractivity contribution in [3.63, 3.8) is 0 Å². The summed E-state index contributed by atoms with van der Waals surface area (Å²) in [4.78, 5) is 11.8. The second-order valence-electron chi connectivity index (χ2n) is 4.22. The van der Waals surface area contributed by atoms with Crippen molar-refractivity contribution in [2.45, 2.75) is 32.2 Å². The van der Waals surface area contributed by atoms with Crippen molar-refractivity contribution in [2.75, 3.05) is 25.1 Å². The minimum atomic E-state index is 0.239. The van der Waals surface area contributed by atoms with Gasteiger partial charge in [0.05, 0.1) is 0 Å². The maximum Gasteiger partial charge on any atom is 0.223 e. The normalized spacial score (nSPS) is 19.9. The summed E-state index contributed by atoms with van der Waals surface area (Å²) in [6, 6.07) is 0.319. The molecule has 1 aliphatic heterocycles. The van der Waals surface area contributed by atoms with Gasteiger partial charge in [-0.05, 0) is 51.3 Å². The van der Waals surface area contributed by atoms with Crippen molar-refractivity contribution in [2.24, 2.45) is 5.92 Å². The zero-order chi connectivity index (χ0) is 11.1. The maximum atomic E-state index is 11.8. The highest BCUT2D eigenvalue weighted by Gasteiger charge is 2.21. The van der Waals surface area contributed by atoms with E-state index in [0.717, 1.165) is 38.1 Å². The van der Waals surface area contributed by atoms with Gasteiger partial charge in [0, 0.05) is 12.0 Å². The summed E-state index contributed by atoms with van der Waals surface area (Å²) in [6.45, 7) is 4.06. The molecule has 0 aliphatic carbocycles. The van der Waals surface area contributed by atoms with E-state index >= 15 is 0 Å². The van der Waals surface area contributed by atoms with Gasteiger partial charge in [-0.25, -0.2) is 0 Å². The van der Waals surface area contributed by atoms with Crippen LogP contribution in [-0.4, -0.2) is 37.0 Å². The zero-order valence-corrected chi connectivity index (χ0v) is 10.5. The van der Waals surface area contributed by atoms with Crippen LogP contribution in [0.25, 0.3) is 0 Å². The molecule has 2 N–H and O–H groups in total. The van der Waals surface area contributed by atoms with Crippen LogP contribution in [0.1, 0.15) is 26.2 Å². The summed E-state index contributed by atoms with van der Waals surface area (Å²) in [6.07, 6.45) is 5.14. The number of carbonyl (C=O) groups excluding carboxylic acids is 1. The predicted octanol–water partition coefficient (Wildman–Crippen LogP) is 1.24. The molecule has 1 amide bonds. The quantitative estimate of drug-likeness (QED) is 0.747.